The Morgan fingerprint density at radius 2 is 2.37 bits per heavy atom. The van der Waals surface area contributed by atoms with Crippen LogP contribution in [0.1, 0.15) is 18.9 Å². The first-order valence-electron chi connectivity index (χ1n) is 6.17. The van der Waals surface area contributed by atoms with Crippen molar-refractivity contribution in [2.24, 2.45) is 5.92 Å². The number of benzene rings is 1. The second-order valence-corrected chi connectivity index (χ2v) is 4.68. The molecule has 1 heterocycles. The summed E-state index contributed by atoms with van der Waals surface area (Å²) in [6.45, 7) is 3.69. The number of nitrogens with one attached hydrogen (secondary N) is 1. The van der Waals surface area contributed by atoms with Crippen molar-refractivity contribution in [1.82, 2.24) is 5.32 Å². The lowest BCUT2D eigenvalue weighted by atomic mass is 9.97. The highest BCUT2D eigenvalue weighted by atomic mass is 16.6. The Balaban J connectivity index is 2.24. The monoisotopic (exact) mass is 261 g/mol. The number of rotatable bonds is 3. The van der Waals surface area contributed by atoms with Crippen LogP contribution in [0.3, 0.4) is 0 Å². The fraction of sp³-hybridized carbons (Fsp3) is 0.462. The van der Waals surface area contributed by atoms with Crippen LogP contribution in [-0.4, -0.2) is 24.1 Å². The molecule has 0 saturated carbocycles. The minimum absolute atomic E-state index is 0.0830. The van der Waals surface area contributed by atoms with E-state index in [4.69, 9.17) is 10.00 Å². The van der Waals surface area contributed by atoms with Gasteiger partial charge in [-0.25, -0.2) is 0 Å². The normalized spacial score (nSPS) is 22.5. The maximum atomic E-state index is 11.0. The molecule has 100 valence electrons. The maximum absolute atomic E-state index is 11.0. The van der Waals surface area contributed by atoms with Crippen molar-refractivity contribution >= 4 is 5.69 Å². The second-order valence-electron chi connectivity index (χ2n) is 4.68. The Bertz CT molecular complexity index is 524. The van der Waals surface area contributed by atoms with Gasteiger partial charge in [-0.2, -0.15) is 5.26 Å². The molecule has 0 bridgehead atoms. The Labute approximate surface area is 111 Å². The van der Waals surface area contributed by atoms with Gasteiger partial charge in [-0.3, -0.25) is 10.1 Å². The minimum atomic E-state index is -0.517. The maximum Gasteiger partial charge on any atom is 0.312 e. The van der Waals surface area contributed by atoms with Crippen LogP contribution < -0.4 is 10.1 Å². The minimum Gasteiger partial charge on any atom is -0.482 e. The molecule has 2 rings (SSSR count). The lowest BCUT2D eigenvalue weighted by molar-refractivity contribution is -0.386. The molecule has 0 radical (unpaired) electrons. The van der Waals surface area contributed by atoms with Gasteiger partial charge in [0.25, 0.3) is 0 Å². The summed E-state index contributed by atoms with van der Waals surface area (Å²) < 4.78 is 5.75. The van der Waals surface area contributed by atoms with Crippen molar-refractivity contribution in [2.75, 3.05) is 13.1 Å². The average molecular weight is 261 g/mol. The molecule has 1 N–H and O–H groups in total. The van der Waals surface area contributed by atoms with E-state index in [9.17, 15) is 10.1 Å². The molecule has 2 unspecified atom stereocenters. The zero-order chi connectivity index (χ0) is 13.8. The van der Waals surface area contributed by atoms with E-state index >= 15 is 0 Å². The van der Waals surface area contributed by atoms with Gasteiger partial charge in [0.1, 0.15) is 6.10 Å². The SMILES string of the molecule is CC1CCNCC1Oc1ccc(C#N)cc1[N+](=O)[O-]. The molecule has 0 spiro atoms. The van der Waals surface area contributed by atoms with Crippen LogP contribution in [-0.2, 0) is 0 Å². The molecule has 1 saturated heterocycles. The standard InChI is InChI=1S/C13H15N3O3/c1-9-4-5-15-8-13(9)19-12-3-2-10(7-14)6-11(12)16(17)18/h2-3,6,9,13,15H,4-5,8H2,1H3. The Morgan fingerprint density at radius 3 is 3.00 bits per heavy atom. The summed E-state index contributed by atoms with van der Waals surface area (Å²) in [7, 11) is 0. The zero-order valence-electron chi connectivity index (χ0n) is 10.6. The number of nitrogens with zero attached hydrogens (tertiary/aromatic N) is 2. The molecule has 0 amide bonds. The van der Waals surface area contributed by atoms with Crippen LogP contribution in [0, 0.1) is 27.4 Å². The molecule has 1 fully saturated rings. The van der Waals surface area contributed by atoms with Gasteiger partial charge in [0.2, 0.25) is 0 Å². The molecule has 1 aliphatic heterocycles. The Kier molecular flexibility index (Phi) is 3.97. The molecule has 2 atom stereocenters. The van der Waals surface area contributed by atoms with E-state index in [-0.39, 0.29) is 23.1 Å². The summed E-state index contributed by atoms with van der Waals surface area (Å²) in [6.07, 6.45) is 0.898. The first-order chi connectivity index (χ1) is 9.11. The molecule has 6 nitrogen and oxygen atoms in total. The molecule has 19 heavy (non-hydrogen) atoms. The smallest absolute Gasteiger partial charge is 0.312 e. The van der Waals surface area contributed by atoms with E-state index in [1.165, 1.54) is 18.2 Å². The quantitative estimate of drug-likeness (QED) is 0.662. The van der Waals surface area contributed by atoms with Gasteiger partial charge in [-0.1, -0.05) is 6.92 Å². The lowest BCUT2D eigenvalue weighted by Gasteiger charge is -2.29. The third-order valence-electron chi connectivity index (χ3n) is 3.32. The first kappa shape index (κ1) is 13.3. The Hall–Kier alpha value is -2.13. The molecule has 1 aromatic rings. The van der Waals surface area contributed by atoms with Crippen LogP contribution in [0.15, 0.2) is 18.2 Å². The van der Waals surface area contributed by atoms with Crippen molar-refractivity contribution in [2.45, 2.75) is 19.4 Å². The number of hydrogen-bond acceptors (Lipinski definition) is 5. The molecular weight excluding hydrogens is 246 g/mol. The number of nitro benzene ring substituents is 1. The highest BCUT2D eigenvalue weighted by molar-refractivity contribution is 5.51. The van der Waals surface area contributed by atoms with Gasteiger partial charge < -0.3 is 10.1 Å². The zero-order valence-corrected chi connectivity index (χ0v) is 10.6. The van der Waals surface area contributed by atoms with Crippen LogP contribution in [0.25, 0.3) is 0 Å². The van der Waals surface area contributed by atoms with Crippen molar-refractivity contribution in [3.05, 3.63) is 33.9 Å². The largest absolute Gasteiger partial charge is 0.482 e. The van der Waals surface area contributed by atoms with E-state index in [0.717, 1.165) is 13.0 Å². The summed E-state index contributed by atoms with van der Waals surface area (Å²) in [5, 5.41) is 23.0. The van der Waals surface area contributed by atoms with Crippen LogP contribution in [0.2, 0.25) is 0 Å². The summed E-state index contributed by atoms with van der Waals surface area (Å²) >= 11 is 0. The van der Waals surface area contributed by atoms with Gasteiger partial charge in [0, 0.05) is 12.6 Å². The fourth-order valence-corrected chi connectivity index (χ4v) is 2.11. The summed E-state index contributed by atoms with van der Waals surface area (Å²) in [5.74, 6) is 0.570. The van der Waals surface area contributed by atoms with Gasteiger partial charge in [0.15, 0.2) is 5.75 Å². The lowest BCUT2D eigenvalue weighted by Crippen LogP contribution is -2.42. The van der Waals surface area contributed by atoms with E-state index in [2.05, 4.69) is 12.2 Å². The molecule has 6 heteroatoms. The number of nitriles is 1. The van der Waals surface area contributed by atoms with Crippen molar-refractivity contribution in [3.63, 3.8) is 0 Å². The van der Waals surface area contributed by atoms with Crippen LogP contribution in [0.4, 0.5) is 5.69 Å². The van der Waals surface area contributed by atoms with E-state index in [1.807, 2.05) is 6.07 Å². The first-order valence-corrected chi connectivity index (χ1v) is 6.17. The van der Waals surface area contributed by atoms with Crippen molar-refractivity contribution in [3.8, 4) is 11.8 Å². The van der Waals surface area contributed by atoms with Crippen LogP contribution >= 0.6 is 0 Å². The highest BCUT2D eigenvalue weighted by Gasteiger charge is 2.26. The number of hydrogen-bond donors (Lipinski definition) is 1. The van der Waals surface area contributed by atoms with E-state index < -0.39 is 4.92 Å². The van der Waals surface area contributed by atoms with Gasteiger partial charge in [-0.15, -0.1) is 0 Å². The van der Waals surface area contributed by atoms with Gasteiger partial charge in [0.05, 0.1) is 16.6 Å². The van der Waals surface area contributed by atoms with Crippen LogP contribution in [0.5, 0.6) is 5.75 Å². The second kappa shape index (κ2) is 5.67. The molecule has 1 aliphatic rings. The third-order valence-corrected chi connectivity index (χ3v) is 3.32. The predicted octanol–water partition coefficient (Wildman–Crippen LogP) is 1.84. The van der Waals surface area contributed by atoms with E-state index in [1.54, 1.807) is 0 Å². The van der Waals surface area contributed by atoms with Crippen molar-refractivity contribution in [1.29, 1.82) is 5.26 Å². The summed E-state index contributed by atoms with van der Waals surface area (Å²) in [5.41, 5.74) is 0.102. The number of ether oxygens (including phenoxy) is 1. The van der Waals surface area contributed by atoms with E-state index in [0.29, 0.717) is 12.5 Å². The summed E-state index contributed by atoms with van der Waals surface area (Å²) in [6, 6.07) is 6.16. The topological polar surface area (TPSA) is 88.2 Å². The number of piperidine rings is 1. The molecule has 0 aromatic heterocycles. The summed E-state index contributed by atoms with van der Waals surface area (Å²) in [4.78, 5) is 10.5. The fourth-order valence-electron chi connectivity index (χ4n) is 2.11. The highest BCUT2D eigenvalue weighted by Crippen LogP contribution is 2.30. The van der Waals surface area contributed by atoms with Gasteiger partial charge >= 0.3 is 5.69 Å². The number of nitro groups is 1. The molecule has 1 aromatic carbocycles. The Morgan fingerprint density at radius 1 is 1.58 bits per heavy atom. The van der Waals surface area contributed by atoms with Crippen molar-refractivity contribution < 1.29 is 9.66 Å². The van der Waals surface area contributed by atoms with Gasteiger partial charge in [-0.05, 0) is 31.0 Å². The third kappa shape index (κ3) is 3.01. The predicted molar refractivity (Wildman–Crippen MR) is 68.9 cm³/mol. The molecule has 0 aliphatic carbocycles. The average Bonchev–Trinajstić information content (AvgIpc) is 2.41. The molecular formula is C13H15N3O3.